The van der Waals surface area contributed by atoms with Crippen molar-refractivity contribution in [3.63, 3.8) is 0 Å². The largest absolute Gasteiger partial charge is 0.500 e. The Morgan fingerprint density at radius 1 is 1.25 bits per heavy atom. The molecule has 5 nitrogen and oxygen atoms in total. The number of nitrogens with zero attached hydrogens (tertiary/aromatic N) is 2. The van der Waals surface area contributed by atoms with Gasteiger partial charge < -0.3 is 17.8 Å². The lowest BCUT2D eigenvalue weighted by atomic mass is 10.4. The van der Waals surface area contributed by atoms with Gasteiger partial charge in [0, 0.05) is 52.7 Å². The molecule has 1 heterocycles. The van der Waals surface area contributed by atoms with Gasteiger partial charge in [-0.25, -0.2) is 4.98 Å². The van der Waals surface area contributed by atoms with Crippen LogP contribution in [0, 0.1) is 0 Å². The molecule has 1 rings (SSSR count). The second kappa shape index (κ2) is 6.14. The average Bonchev–Trinajstić information content (AvgIpc) is 2.79. The van der Waals surface area contributed by atoms with Gasteiger partial charge in [0.2, 0.25) is 0 Å². The van der Waals surface area contributed by atoms with E-state index in [-0.39, 0.29) is 0 Å². The van der Waals surface area contributed by atoms with Crippen LogP contribution in [0.1, 0.15) is 12.7 Å². The zero-order valence-electron chi connectivity index (χ0n) is 10.4. The van der Waals surface area contributed by atoms with Crippen LogP contribution in [-0.2, 0) is 26.2 Å². The molecule has 0 spiro atoms. The van der Waals surface area contributed by atoms with Crippen LogP contribution in [0.4, 0.5) is 0 Å². The first kappa shape index (κ1) is 13.4. The molecule has 0 aliphatic carbocycles. The highest BCUT2D eigenvalue weighted by atomic mass is 28.4. The maximum absolute atomic E-state index is 5.37. The van der Waals surface area contributed by atoms with Crippen molar-refractivity contribution < 1.29 is 13.3 Å². The van der Waals surface area contributed by atoms with Gasteiger partial charge in [0.25, 0.3) is 0 Å². The summed E-state index contributed by atoms with van der Waals surface area (Å²) < 4.78 is 18.2. The molecular formula is C10H20N2O3Si. The summed E-state index contributed by atoms with van der Waals surface area (Å²) in [5, 5.41) is 0. The maximum atomic E-state index is 5.37. The van der Waals surface area contributed by atoms with Crippen LogP contribution in [0.3, 0.4) is 0 Å². The number of hydrogen-bond donors (Lipinski definition) is 0. The SMILES string of the molecule is CCn1ccnc1CC[Si](OC)(OC)OC. The minimum Gasteiger partial charge on any atom is -0.377 e. The van der Waals surface area contributed by atoms with Crippen molar-refractivity contribution in [1.29, 1.82) is 0 Å². The number of imidazole rings is 1. The van der Waals surface area contributed by atoms with E-state index in [1.807, 2.05) is 12.4 Å². The first-order chi connectivity index (χ1) is 7.71. The number of aryl methyl sites for hydroxylation is 2. The zero-order valence-corrected chi connectivity index (χ0v) is 11.4. The van der Waals surface area contributed by atoms with Crippen LogP contribution < -0.4 is 0 Å². The van der Waals surface area contributed by atoms with Gasteiger partial charge >= 0.3 is 8.80 Å². The third-order valence-electron chi connectivity index (χ3n) is 2.73. The van der Waals surface area contributed by atoms with E-state index in [0.717, 1.165) is 24.8 Å². The summed E-state index contributed by atoms with van der Waals surface area (Å²) in [4.78, 5) is 4.31. The molecule has 92 valence electrons. The predicted octanol–water partition coefficient (Wildman–Crippen LogP) is 1.32. The fourth-order valence-corrected chi connectivity index (χ4v) is 3.32. The van der Waals surface area contributed by atoms with Gasteiger partial charge in [-0.2, -0.15) is 0 Å². The van der Waals surface area contributed by atoms with Crippen molar-refractivity contribution >= 4 is 8.80 Å². The van der Waals surface area contributed by atoms with Gasteiger partial charge in [-0.1, -0.05) is 0 Å². The summed E-state index contributed by atoms with van der Waals surface area (Å²) in [7, 11) is 2.43. The Kier molecular flexibility index (Phi) is 5.13. The summed E-state index contributed by atoms with van der Waals surface area (Å²) in [6, 6.07) is 0.744. The normalized spacial score (nSPS) is 12.0. The molecule has 0 radical (unpaired) electrons. The van der Waals surface area contributed by atoms with E-state index in [1.165, 1.54) is 0 Å². The molecular weight excluding hydrogens is 224 g/mol. The topological polar surface area (TPSA) is 45.5 Å². The van der Waals surface area contributed by atoms with Gasteiger partial charge in [0.05, 0.1) is 0 Å². The molecule has 0 N–H and O–H groups in total. The van der Waals surface area contributed by atoms with Gasteiger partial charge in [-0.3, -0.25) is 0 Å². The lowest BCUT2D eigenvalue weighted by Gasteiger charge is -2.24. The summed E-state index contributed by atoms with van der Waals surface area (Å²) in [6.07, 6.45) is 4.60. The zero-order chi connectivity index (χ0) is 12.0. The van der Waals surface area contributed by atoms with Crippen molar-refractivity contribution in [2.75, 3.05) is 21.3 Å². The van der Waals surface area contributed by atoms with E-state index in [0.29, 0.717) is 0 Å². The predicted molar refractivity (Wildman–Crippen MR) is 63.2 cm³/mol. The fourth-order valence-electron chi connectivity index (χ4n) is 1.68. The van der Waals surface area contributed by atoms with E-state index < -0.39 is 8.80 Å². The van der Waals surface area contributed by atoms with E-state index in [4.69, 9.17) is 13.3 Å². The highest BCUT2D eigenvalue weighted by molar-refractivity contribution is 6.60. The second-order valence-corrected chi connectivity index (χ2v) is 6.52. The van der Waals surface area contributed by atoms with E-state index in [1.54, 1.807) is 21.3 Å². The Balaban J connectivity index is 2.62. The van der Waals surface area contributed by atoms with Crippen molar-refractivity contribution in [3.05, 3.63) is 18.2 Å². The lowest BCUT2D eigenvalue weighted by molar-refractivity contribution is 0.123. The van der Waals surface area contributed by atoms with E-state index >= 15 is 0 Å². The molecule has 0 fully saturated rings. The van der Waals surface area contributed by atoms with Crippen LogP contribution in [0.5, 0.6) is 0 Å². The molecule has 0 amide bonds. The van der Waals surface area contributed by atoms with Gasteiger partial charge in [-0.15, -0.1) is 0 Å². The molecule has 0 aliphatic heterocycles. The Morgan fingerprint density at radius 3 is 2.38 bits per heavy atom. The lowest BCUT2D eigenvalue weighted by Crippen LogP contribution is -2.43. The summed E-state index contributed by atoms with van der Waals surface area (Å²) >= 11 is 0. The first-order valence-electron chi connectivity index (χ1n) is 5.36. The van der Waals surface area contributed by atoms with Crippen LogP contribution in [0.2, 0.25) is 6.04 Å². The summed E-state index contributed by atoms with van der Waals surface area (Å²) in [5.74, 6) is 1.05. The molecule has 6 heteroatoms. The second-order valence-electron chi connectivity index (χ2n) is 3.42. The van der Waals surface area contributed by atoms with Gasteiger partial charge in [-0.05, 0) is 6.92 Å². The quantitative estimate of drug-likeness (QED) is 0.679. The number of aromatic nitrogens is 2. The third-order valence-corrected chi connectivity index (χ3v) is 5.46. The third kappa shape index (κ3) is 2.91. The standard InChI is InChI=1S/C10H20N2O3Si/c1-5-12-8-7-11-10(12)6-9-16(13-2,14-3)15-4/h7-8H,5-6,9H2,1-4H3. The highest BCUT2D eigenvalue weighted by Crippen LogP contribution is 2.15. The molecule has 1 aromatic rings. The molecule has 16 heavy (non-hydrogen) atoms. The monoisotopic (exact) mass is 244 g/mol. The fraction of sp³-hybridized carbons (Fsp3) is 0.700. The molecule has 1 aromatic heterocycles. The average molecular weight is 244 g/mol. The molecule has 0 aliphatic rings. The van der Waals surface area contributed by atoms with Crippen LogP contribution in [0.15, 0.2) is 12.4 Å². The van der Waals surface area contributed by atoms with Gasteiger partial charge in [0.15, 0.2) is 0 Å². The van der Waals surface area contributed by atoms with E-state index in [9.17, 15) is 0 Å². The Labute approximate surface area is 97.7 Å². The number of hydrogen-bond acceptors (Lipinski definition) is 4. The van der Waals surface area contributed by atoms with Crippen molar-refractivity contribution in [1.82, 2.24) is 9.55 Å². The first-order valence-corrected chi connectivity index (χ1v) is 7.30. The minimum atomic E-state index is -2.46. The minimum absolute atomic E-state index is 0.744. The summed E-state index contributed by atoms with van der Waals surface area (Å²) in [6.45, 7) is 3.02. The Morgan fingerprint density at radius 2 is 1.88 bits per heavy atom. The Bertz CT molecular complexity index is 305. The molecule has 0 aromatic carbocycles. The Hall–Kier alpha value is -0.693. The van der Waals surface area contributed by atoms with Crippen molar-refractivity contribution in [2.24, 2.45) is 0 Å². The van der Waals surface area contributed by atoms with Crippen LogP contribution in [0.25, 0.3) is 0 Å². The van der Waals surface area contributed by atoms with Crippen molar-refractivity contribution in [2.45, 2.75) is 25.9 Å². The number of rotatable bonds is 7. The highest BCUT2D eigenvalue weighted by Gasteiger charge is 2.37. The van der Waals surface area contributed by atoms with Gasteiger partial charge in [0.1, 0.15) is 5.82 Å². The maximum Gasteiger partial charge on any atom is 0.500 e. The molecule has 0 atom stereocenters. The van der Waals surface area contributed by atoms with Crippen molar-refractivity contribution in [3.8, 4) is 0 Å². The molecule has 0 unspecified atom stereocenters. The van der Waals surface area contributed by atoms with E-state index in [2.05, 4.69) is 16.5 Å². The van der Waals surface area contributed by atoms with Crippen LogP contribution >= 0.6 is 0 Å². The van der Waals surface area contributed by atoms with Crippen LogP contribution in [-0.4, -0.2) is 39.7 Å². The molecule has 0 saturated carbocycles. The summed E-state index contributed by atoms with van der Waals surface area (Å²) in [5.41, 5.74) is 0. The molecule has 0 bridgehead atoms. The molecule has 0 saturated heterocycles. The smallest absolute Gasteiger partial charge is 0.377 e.